The van der Waals surface area contributed by atoms with Gasteiger partial charge in [0.05, 0.1) is 16.3 Å². The van der Waals surface area contributed by atoms with Crippen molar-refractivity contribution in [2.24, 2.45) is 5.92 Å². The molecule has 2 aromatic rings. The van der Waals surface area contributed by atoms with Crippen molar-refractivity contribution in [2.75, 3.05) is 30.4 Å². The van der Waals surface area contributed by atoms with Gasteiger partial charge in [0, 0.05) is 37.3 Å². The van der Waals surface area contributed by atoms with Gasteiger partial charge in [-0.2, -0.15) is 16.1 Å². The number of benzene rings is 1. The summed E-state index contributed by atoms with van der Waals surface area (Å²) in [4.78, 5) is 24.9. The molecule has 2 bridgehead atoms. The Morgan fingerprint density at radius 1 is 1.14 bits per heavy atom. The summed E-state index contributed by atoms with van der Waals surface area (Å²) >= 11 is 1.42. The number of hydrogen-bond acceptors (Lipinski definition) is 5. The van der Waals surface area contributed by atoms with E-state index in [-0.39, 0.29) is 28.2 Å². The summed E-state index contributed by atoms with van der Waals surface area (Å²) in [5, 5.41) is 2.90. The molecule has 1 aromatic heterocycles. The van der Waals surface area contributed by atoms with Gasteiger partial charge in [0.2, 0.25) is 15.9 Å². The first-order valence-corrected chi connectivity index (χ1v) is 12.3. The third-order valence-corrected chi connectivity index (χ3v) is 7.88. The smallest absolute Gasteiger partial charge is 0.250 e. The maximum atomic E-state index is 13.1. The van der Waals surface area contributed by atoms with Crippen LogP contribution in [0.1, 0.15) is 18.0 Å². The van der Waals surface area contributed by atoms with Crippen LogP contribution in [0.5, 0.6) is 0 Å². The summed E-state index contributed by atoms with van der Waals surface area (Å²) in [5.41, 5.74) is 1.22. The average Bonchev–Trinajstić information content (AvgIpc) is 2.71. The summed E-state index contributed by atoms with van der Waals surface area (Å²) in [6.45, 7) is 1.14. The zero-order chi connectivity index (χ0) is 20.6. The second kappa shape index (κ2) is 7.97. The van der Waals surface area contributed by atoms with Gasteiger partial charge in [-0.3, -0.25) is 9.59 Å². The molecule has 7 nitrogen and oxygen atoms in total. The molecule has 4 rings (SSSR count). The lowest BCUT2D eigenvalue weighted by atomic mass is 9.83. The Bertz CT molecular complexity index is 1080. The van der Waals surface area contributed by atoms with Gasteiger partial charge in [0.15, 0.2) is 0 Å². The zero-order valence-corrected chi connectivity index (χ0v) is 17.7. The maximum absolute atomic E-state index is 13.1. The maximum Gasteiger partial charge on any atom is 0.250 e. The van der Waals surface area contributed by atoms with Crippen molar-refractivity contribution in [1.29, 1.82) is 0 Å². The summed E-state index contributed by atoms with van der Waals surface area (Å²) in [5.74, 6) is 0.111. The van der Waals surface area contributed by atoms with E-state index >= 15 is 0 Å². The molecule has 1 amide bonds. The highest BCUT2D eigenvalue weighted by Gasteiger charge is 2.40. The number of rotatable bonds is 5. The molecule has 1 aromatic carbocycles. The molecular weight excluding hydrogens is 410 g/mol. The number of thioether (sulfide) groups is 1. The van der Waals surface area contributed by atoms with E-state index in [1.54, 1.807) is 41.0 Å². The topological polar surface area (TPSA) is 88.5 Å². The van der Waals surface area contributed by atoms with E-state index in [0.717, 1.165) is 12.1 Å². The molecule has 2 aliphatic heterocycles. The first-order valence-electron chi connectivity index (χ1n) is 9.48. The number of anilines is 1. The Morgan fingerprint density at radius 3 is 2.62 bits per heavy atom. The summed E-state index contributed by atoms with van der Waals surface area (Å²) in [7, 11) is -3.61. The monoisotopic (exact) mass is 433 g/mol. The Kier molecular flexibility index (Phi) is 5.54. The summed E-state index contributed by atoms with van der Waals surface area (Å²) in [6, 6.07) is 11.5. The zero-order valence-electron chi connectivity index (χ0n) is 16.1. The highest BCUT2D eigenvalue weighted by atomic mass is 32.2. The van der Waals surface area contributed by atoms with Crippen molar-refractivity contribution in [3.63, 3.8) is 0 Å². The molecule has 2 aliphatic rings. The molecule has 1 fully saturated rings. The number of sulfonamides is 1. The minimum absolute atomic E-state index is 0.0644. The minimum Gasteiger partial charge on any atom is -0.324 e. The number of aromatic nitrogens is 1. The van der Waals surface area contributed by atoms with Crippen LogP contribution in [0.2, 0.25) is 0 Å². The Hall–Kier alpha value is -2.10. The number of carbonyl (C=O) groups is 1. The predicted molar refractivity (Wildman–Crippen MR) is 114 cm³/mol. The number of hydrogen-bond donors (Lipinski definition) is 1. The molecule has 9 heteroatoms. The third kappa shape index (κ3) is 3.86. The van der Waals surface area contributed by atoms with Gasteiger partial charge in [-0.1, -0.05) is 18.2 Å². The van der Waals surface area contributed by atoms with Crippen LogP contribution in [0.3, 0.4) is 0 Å². The molecule has 3 heterocycles. The molecule has 0 radical (unpaired) electrons. The van der Waals surface area contributed by atoms with Gasteiger partial charge >= 0.3 is 0 Å². The van der Waals surface area contributed by atoms with E-state index in [9.17, 15) is 18.0 Å². The second-order valence-corrected chi connectivity index (χ2v) is 10.3. The van der Waals surface area contributed by atoms with Crippen molar-refractivity contribution in [3.05, 3.63) is 58.5 Å². The fourth-order valence-corrected chi connectivity index (χ4v) is 6.25. The second-order valence-electron chi connectivity index (χ2n) is 7.50. The molecule has 1 saturated heterocycles. The molecule has 2 atom stereocenters. The third-order valence-electron chi connectivity index (χ3n) is 5.49. The van der Waals surface area contributed by atoms with E-state index in [0.29, 0.717) is 31.1 Å². The van der Waals surface area contributed by atoms with Crippen molar-refractivity contribution >= 4 is 33.4 Å². The van der Waals surface area contributed by atoms with E-state index in [2.05, 4.69) is 5.32 Å². The largest absolute Gasteiger partial charge is 0.324 e. The van der Waals surface area contributed by atoms with Gasteiger partial charge < -0.3 is 9.88 Å². The summed E-state index contributed by atoms with van der Waals surface area (Å²) < 4.78 is 29.5. The summed E-state index contributed by atoms with van der Waals surface area (Å²) in [6.07, 6.45) is 2.65. The number of fused-ring (bicyclic) bond motifs is 4. The number of nitrogens with zero attached hydrogens (tertiary/aromatic N) is 2. The lowest BCUT2D eigenvalue weighted by molar-refractivity contribution is -0.113. The molecule has 1 N–H and O–H groups in total. The Morgan fingerprint density at radius 2 is 1.90 bits per heavy atom. The number of amides is 1. The number of carbonyl (C=O) groups excluding carboxylic acids is 1. The van der Waals surface area contributed by atoms with Gasteiger partial charge in [-0.25, -0.2) is 8.42 Å². The van der Waals surface area contributed by atoms with Crippen molar-refractivity contribution in [1.82, 2.24) is 8.87 Å². The van der Waals surface area contributed by atoms with Crippen LogP contribution in [0.4, 0.5) is 5.69 Å². The Balaban J connectivity index is 1.69. The van der Waals surface area contributed by atoms with Crippen LogP contribution < -0.4 is 10.9 Å². The lowest BCUT2D eigenvalue weighted by Gasteiger charge is -2.42. The predicted octanol–water partition coefficient (Wildman–Crippen LogP) is 1.96. The minimum atomic E-state index is -3.61. The van der Waals surface area contributed by atoms with E-state index in [4.69, 9.17) is 0 Å². The van der Waals surface area contributed by atoms with Crippen LogP contribution >= 0.6 is 11.8 Å². The van der Waals surface area contributed by atoms with Gasteiger partial charge in [-0.15, -0.1) is 0 Å². The van der Waals surface area contributed by atoms with Gasteiger partial charge in [0.25, 0.3) is 5.56 Å². The fraction of sp³-hybridized carbons (Fsp3) is 0.400. The number of nitrogens with one attached hydrogen (secondary N) is 1. The van der Waals surface area contributed by atoms with Crippen molar-refractivity contribution in [3.8, 4) is 0 Å². The normalized spacial score (nSPS) is 21.4. The van der Waals surface area contributed by atoms with Crippen LogP contribution in [0.15, 0.2) is 52.2 Å². The molecular formula is C20H23N3O4S2. The van der Waals surface area contributed by atoms with Crippen LogP contribution in [-0.2, 0) is 21.4 Å². The number of piperidine rings is 1. The molecule has 0 aliphatic carbocycles. The lowest BCUT2D eigenvalue weighted by Crippen LogP contribution is -2.49. The van der Waals surface area contributed by atoms with Crippen molar-refractivity contribution < 1.29 is 13.2 Å². The first-order chi connectivity index (χ1) is 13.9. The first kappa shape index (κ1) is 20.2. The highest BCUT2D eigenvalue weighted by Crippen LogP contribution is 2.40. The van der Waals surface area contributed by atoms with E-state index in [1.165, 1.54) is 22.1 Å². The quantitative estimate of drug-likeness (QED) is 0.779. The van der Waals surface area contributed by atoms with Crippen molar-refractivity contribution in [2.45, 2.75) is 23.8 Å². The van der Waals surface area contributed by atoms with Gasteiger partial charge in [0.1, 0.15) is 0 Å². The Labute approximate surface area is 174 Å². The van der Waals surface area contributed by atoms with Crippen LogP contribution in [0, 0.1) is 5.92 Å². The average molecular weight is 434 g/mol. The van der Waals surface area contributed by atoms with Crippen LogP contribution in [-0.4, -0.2) is 48.3 Å². The molecule has 0 unspecified atom stereocenters. The van der Waals surface area contributed by atoms with E-state index in [1.807, 2.05) is 6.26 Å². The number of pyridine rings is 1. The van der Waals surface area contributed by atoms with Crippen LogP contribution in [0.25, 0.3) is 0 Å². The molecule has 0 spiro atoms. The highest BCUT2D eigenvalue weighted by molar-refractivity contribution is 7.99. The standard InChI is InChI=1S/C20H23N3O4S2/c1-28-13-18(24)21-17-7-8-19(25)23-11-14-9-15(20(17)23)12-22(10-14)29(26,27)16-5-3-2-4-6-16/h2-8,14-15H,9-13H2,1H3,(H,21,24)/t14-,15+/m0/s1. The SMILES string of the molecule is CSCC(=O)Nc1ccc(=O)n2c1[C@@H]1C[C@@H](CN(S(=O)(=O)c3ccccc3)C1)C2. The fourth-order valence-electron chi connectivity index (χ4n) is 4.33. The molecule has 154 valence electrons. The van der Waals surface area contributed by atoms with E-state index < -0.39 is 10.0 Å². The molecule has 29 heavy (non-hydrogen) atoms. The molecule has 0 saturated carbocycles. The van der Waals surface area contributed by atoms with Gasteiger partial charge in [-0.05, 0) is 36.8 Å².